The second-order valence-electron chi connectivity index (χ2n) is 8.28. The molecule has 6 nitrogen and oxygen atoms in total. The molecule has 1 aromatic heterocycles. The lowest BCUT2D eigenvalue weighted by atomic mass is 9.87. The molecule has 0 saturated heterocycles. The van der Waals surface area contributed by atoms with Crippen LogP contribution in [-0.4, -0.2) is 27.2 Å². The summed E-state index contributed by atoms with van der Waals surface area (Å²) < 4.78 is 3.29. The van der Waals surface area contributed by atoms with Crippen LogP contribution in [0.5, 0.6) is 0 Å². The number of hydrogen-bond donors (Lipinski definition) is 1. The van der Waals surface area contributed by atoms with Gasteiger partial charge in [-0.25, -0.2) is 9.97 Å². The zero-order valence-electron chi connectivity index (χ0n) is 18.4. The third kappa shape index (κ3) is 5.66. The molecule has 1 heterocycles. The highest BCUT2D eigenvalue weighted by Crippen LogP contribution is 2.32. The zero-order valence-corrected chi connectivity index (χ0v) is 20.0. The summed E-state index contributed by atoms with van der Waals surface area (Å²) in [6, 6.07) is 13.5. The SMILES string of the molecule is Cc1c(NSc2ccc(C(C)(C)C)cc2)ccc(Cl)c1C(=O)N(C=O)Cc1ncccn1. The number of nitrogens with one attached hydrogen (secondary N) is 1. The molecule has 0 bridgehead atoms. The predicted molar refractivity (Wildman–Crippen MR) is 129 cm³/mol. The maximum Gasteiger partial charge on any atom is 0.262 e. The first-order valence-corrected chi connectivity index (χ1v) is 11.2. The van der Waals surface area contributed by atoms with Crippen molar-refractivity contribution < 1.29 is 9.59 Å². The van der Waals surface area contributed by atoms with Gasteiger partial charge in [0.25, 0.3) is 5.91 Å². The lowest BCUT2D eigenvalue weighted by Crippen LogP contribution is -2.30. The van der Waals surface area contributed by atoms with Crippen molar-refractivity contribution >= 4 is 41.6 Å². The lowest BCUT2D eigenvalue weighted by molar-refractivity contribution is -0.116. The molecule has 0 saturated carbocycles. The van der Waals surface area contributed by atoms with E-state index in [0.717, 1.165) is 15.5 Å². The number of imide groups is 1. The number of amides is 2. The first-order chi connectivity index (χ1) is 15.2. The molecular weight excluding hydrogens is 444 g/mol. The van der Waals surface area contributed by atoms with Crippen LogP contribution >= 0.6 is 23.5 Å². The highest BCUT2D eigenvalue weighted by molar-refractivity contribution is 8.00. The van der Waals surface area contributed by atoms with Crippen molar-refractivity contribution in [2.45, 2.75) is 44.6 Å². The van der Waals surface area contributed by atoms with Gasteiger partial charge in [0.2, 0.25) is 6.41 Å². The molecule has 2 aromatic carbocycles. The predicted octanol–water partition coefficient (Wildman–Crippen LogP) is 5.65. The van der Waals surface area contributed by atoms with E-state index < -0.39 is 5.91 Å². The fourth-order valence-corrected chi connectivity index (χ4v) is 4.06. The van der Waals surface area contributed by atoms with Gasteiger partial charge in [-0.05, 0) is 65.7 Å². The van der Waals surface area contributed by atoms with Crippen molar-refractivity contribution in [3.8, 4) is 0 Å². The molecule has 3 rings (SSSR count). The van der Waals surface area contributed by atoms with Crippen molar-refractivity contribution in [3.05, 3.63) is 82.4 Å². The van der Waals surface area contributed by atoms with Gasteiger partial charge in [-0.15, -0.1) is 0 Å². The number of hydrogen-bond acceptors (Lipinski definition) is 6. The van der Waals surface area contributed by atoms with Crippen molar-refractivity contribution in [3.63, 3.8) is 0 Å². The second-order valence-corrected chi connectivity index (χ2v) is 9.56. The van der Waals surface area contributed by atoms with Gasteiger partial charge in [0, 0.05) is 23.0 Å². The quantitative estimate of drug-likeness (QED) is 0.356. The Morgan fingerprint density at radius 2 is 1.78 bits per heavy atom. The third-order valence-electron chi connectivity index (χ3n) is 4.95. The summed E-state index contributed by atoms with van der Waals surface area (Å²) in [4.78, 5) is 34.9. The average molecular weight is 469 g/mol. The molecule has 166 valence electrons. The minimum atomic E-state index is -0.502. The molecule has 0 unspecified atom stereocenters. The number of halogens is 1. The largest absolute Gasteiger partial charge is 0.325 e. The van der Waals surface area contributed by atoms with E-state index in [0.29, 0.717) is 17.8 Å². The summed E-state index contributed by atoms with van der Waals surface area (Å²) in [6.45, 7) is 8.29. The van der Waals surface area contributed by atoms with Crippen molar-refractivity contribution in [2.75, 3.05) is 4.72 Å². The van der Waals surface area contributed by atoms with E-state index in [4.69, 9.17) is 11.6 Å². The van der Waals surface area contributed by atoms with Crippen LogP contribution in [0.4, 0.5) is 5.69 Å². The molecule has 0 aliphatic rings. The highest BCUT2D eigenvalue weighted by atomic mass is 35.5. The summed E-state index contributed by atoms with van der Waals surface area (Å²) >= 11 is 7.79. The highest BCUT2D eigenvalue weighted by Gasteiger charge is 2.23. The van der Waals surface area contributed by atoms with Gasteiger partial charge in [0.1, 0.15) is 5.82 Å². The molecule has 32 heavy (non-hydrogen) atoms. The molecular formula is C24H25ClN4O2S. The lowest BCUT2D eigenvalue weighted by Gasteiger charge is -2.20. The second kappa shape index (κ2) is 10.1. The minimum absolute atomic E-state index is 0.0362. The Morgan fingerprint density at radius 3 is 2.38 bits per heavy atom. The van der Waals surface area contributed by atoms with Gasteiger partial charge >= 0.3 is 0 Å². The maximum absolute atomic E-state index is 13.1. The maximum atomic E-state index is 13.1. The van der Waals surface area contributed by atoms with Crippen LogP contribution in [0.2, 0.25) is 5.02 Å². The summed E-state index contributed by atoms with van der Waals surface area (Å²) in [5.74, 6) is -0.136. The van der Waals surface area contributed by atoms with Gasteiger partial charge in [-0.1, -0.05) is 44.5 Å². The topological polar surface area (TPSA) is 75.2 Å². The van der Waals surface area contributed by atoms with Crippen LogP contribution in [0.25, 0.3) is 0 Å². The Morgan fingerprint density at radius 1 is 1.12 bits per heavy atom. The summed E-state index contributed by atoms with van der Waals surface area (Å²) in [6.07, 6.45) is 3.59. The molecule has 0 spiro atoms. The van der Waals surface area contributed by atoms with E-state index in [1.54, 1.807) is 31.5 Å². The van der Waals surface area contributed by atoms with Crippen molar-refractivity contribution in [2.24, 2.45) is 0 Å². The Kier molecular flexibility index (Phi) is 7.53. The fourth-order valence-electron chi connectivity index (χ4n) is 3.05. The van der Waals surface area contributed by atoms with E-state index in [1.807, 2.05) is 6.07 Å². The molecule has 0 radical (unpaired) electrons. The van der Waals surface area contributed by atoms with Gasteiger partial charge in [0.05, 0.1) is 17.1 Å². The molecule has 0 fully saturated rings. The minimum Gasteiger partial charge on any atom is -0.325 e. The van der Waals surface area contributed by atoms with E-state index in [1.165, 1.54) is 17.5 Å². The number of carbonyl (C=O) groups excluding carboxylic acids is 2. The number of nitrogens with zero attached hydrogens (tertiary/aromatic N) is 3. The van der Waals surface area contributed by atoms with Crippen LogP contribution in [0.1, 0.15) is 48.1 Å². The van der Waals surface area contributed by atoms with Crippen LogP contribution < -0.4 is 4.72 Å². The van der Waals surface area contributed by atoms with E-state index in [2.05, 4.69) is 59.7 Å². The molecule has 0 aliphatic heterocycles. The van der Waals surface area contributed by atoms with E-state index in [-0.39, 0.29) is 22.5 Å². The number of aromatic nitrogens is 2. The van der Waals surface area contributed by atoms with Gasteiger partial charge in [0.15, 0.2) is 0 Å². The molecule has 1 N–H and O–H groups in total. The Labute approximate surface area is 197 Å². The molecule has 2 amide bonds. The number of benzene rings is 2. The Hall–Kier alpha value is -2.90. The molecule has 0 atom stereocenters. The van der Waals surface area contributed by atoms with Crippen LogP contribution in [0.3, 0.4) is 0 Å². The van der Waals surface area contributed by atoms with E-state index >= 15 is 0 Å². The van der Waals surface area contributed by atoms with Gasteiger partial charge < -0.3 is 4.72 Å². The molecule has 3 aromatic rings. The van der Waals surface area contributed by atoms with Crippen molar-refractivity contribution in [1.82, 2.24) is 14.9 Å². The number of carbonyl (C=O) groups is 2. The Balaban J connectivity index is 1.78. The van der Waals surface area contributed by atoms with Crippen molar-refractivity contribution in [1.29, 1.82) is 0 Å². The van der Waals surface area contributed by atoms with Gasteiger partial charge in [-0.3, -0.25) is 14.5 Å². The summed E-state index contributed by atoms with van der Waals surface area (Å²) in [7, 11) is 0. The third-order valence-corrected chi connectivity index (χ3v) is 6.09. The standard InChI is InChI=1S/C24H25ClN4O2S/c1-16-20(28-32-18-8-6-17(7-9-18)24(2,3)4)11-10-19(25)22(16)23(31)29(15-30)14-21-26-12-5-13-27-21/h5-13,15,28H,14H2,1-4H3. The molecule has 8 heteroatoms. The monoisotopic (exact) mass is 468 g/mol. The summed E-state index contributed by atoms with van der Waals surface area (Å²) in [5, 5.41) is 0.276. The van der Waals surface area contributed by atoms with Gasteiger partial charge in [-0.2, -0.15) is 0 Å². The van der Waals surface area contributed by atoms with Crippen LogP contribution in [0, 0.1) is 6.92 Å². The molecule has 0 aliphatic carbocycles. The normalized spacial score (nSPS) is 11.2. The van der Waals surface area contributed by atoms with Crippen LogP contribution in [0.15, 0.2) is 59.8 Å². The van der Waals surface area contributed by atoms with E-state index in [9.17, 15) is 9.59 Å². The first kappa shape index (κ1) is 23.8. The average Bonchev–Trinajstić information content (AvgIpc) is 2.77. The fraction of sp³-hybridized carbons (Fsp3) is 0.250. The smallest absolute Gasteiger partial charge is 0.262 e. The summed E-state index contributed by atoms with van der Waals surface area (Å²) in [5.41, 5.74) is 3.01. The number of rotatable bonds is 7. The number of anilines is 1. The zero-order chi connectivity index (χ0) is 23.3. The Bertz CT molecular complexity index is 1100. The van der Waals surface area contributed by atoms with Crippen LogP contribution in [-0.2, 0) is 16.8 Å². The first-order valence-electron chi connectivity index (χ1n) is 10.1.